The number of carbonyl (C=O) groups excluding carboxylic acids is 2. The Bertz CT molecular complexity index is 522. The molecule has 2 amide bonds. The molecular weight excluding hydrogens is 258 g/mol. The molecule has 1 aliphatic heterocycles. The Balaban J connectivity index is 1.88. The lowest BCUT2D eigenvalue weighted by Crippen LogP contribution is -2.39. The fourth-order valence-corrected chi connectivity index (χ4v) is 2.00. The zero-order chi connectivity index (χ0) is 14.4. The van der Waals surface area contributed by atoms with Crippen LogP contribution in [-0.4, -0.2) is 43.1 Å². The van der Waals surface area contributed by atoms with Crippen LogP contribution in [0.1, 0.15) is 18.4 Å². The molecule has 1 aliphatic rings. The van der Waals surface area contributed by atoms with Crippen LogP contribution in [0.25, 0.3) is 0 Å². The molecule has 1 aromatic carbocycles. The molecule has 1 fully saturated rings. The van der Waals surface area contributed by atoms with Gasteiger partial charge in [-0.25, -0.2) is 5.43 Å². The van der Waals surface area contributed by atoms with Gasteiger partial charge < -0.3 is 9.64 Å². The fraction of sp³-hybridized carbons (Fsp3) is 0.357. The van der Waals surface area contributed by atoms with Gasteiger partial charge in [-0.1, -0.05) is 12.1 Å². The molecule has 2 rings (SSSR count). The Morgan fingerprint density at radius 2 is 2.10 bits per heavy atom. The number of methoxy groups -OCH3 is 1. The molecule has 0 spiro atoms. The summed E-state index contributed by atoms with van der Waals surface area (Å²) < 4.78 is 5.08. The number of hydrogen-bond acceptors (Lipinski definition) is 4. The Kier molecular flexibility index (Phi) is 4.70. The molecule has 106 valence electrons. The monoisotopic (exact) mass is 275 g/mol. The lowest BCUT2D eigenvalue weighted by molar-refractivity contribution is -0.145. The third-order valence-corrected chi connectivity index (χ3v) is 3.06. The van der Waals surface area contributed by atoms with E-state index in [1.807, 2.05) is 18.2 Å². The first kappa shape index (κ1) is 14.0. The first-order valence-electron chi connectivity index (χ1n) is 6.47. The minimum Gasteiger partial charge on any atom is -0.497 e. The van der Waals surface area contributed by atoms with Crippen molar-refractivity contribution in [2.45, 2.75) is 12.8 Å². The number of likely N-dealkylation sites (tertiary alicyclic amines) is 1. The van der Waals surface area contributed by atoms with Crippen LogP contribution in [0.15, 0.2) is 29.4 Å². The summed E-state index contributed by atoms with van der Waals surface area (Å²) in [6.45, 7) is 1.29. The number of carbonyl (C=O) groups is 2. The summed E-state index contributed by atoms with van der Waals surface area (Å²) in [6.07, 6.45) is 3.37. The number of hydrogen-bond donors (Lipinski definition) is 1. The maximum absolute atomic E-state index is 11.7. The van der Waals surface area contributed by atoms with E-state index in [9.17, 15) is 9.59 Å². The van der Waals surface area contributed by atoms with Crippen molar-refractivity contribution in [2.75, 3.05) is 20.2 Å². The molecule has 0 aliphatic carbocycles. The van der Waals surface area contributed by atoms with E-state index < -0.39 is 11.8 Å². The highest BCUT2D eigenvalue weighted by Crippen LogP contribution is 2.10. The molecule has 1 heterocycles. The Hall–Kier alpha value is -2.37. The Labute approximate surface area is 117 Å². The molecule has 1 N–H and O–H groups in total. The number of benzene rings is 1. The Morgan fingerprint density at radius 3 is 2.80 bits per heavy atom. The maximum atomic E-state index is 11.7. The van der Waals surface area contributed by atoms with Gasteiger partial charge in [-0.3, -0.25) is 9.59 Å². The lowest BCUT2D eigenvalue weighted by Gasteiger charge is -2.12. The van der Waals surface area contributed by atoms with Crippen LogP contribution in [0.4, 0.5) is 0 Å². The van der Waals surface area contributed by atoms with Gasteiger partial charge in [-0.2, -0.15) is 5.10 Å². The first-order chi connectivity index (χ1) is 9.70. The molecular formula is C14H17N3O3. The number of nitrogens with zero attached hydrogens (tertiary/aromatic N) is 2. The summed E-state index contributed by atoms with van der Waals surface area (Å²) in [5.41, 5.74) is 3.02. The second-order valence-electron chi connectivity index (χ2n) is 4.48. The van der Waals surface area contributed by atoms with Gasteiger partial charge in [0.25, 0.3) is 0 Å². The van der Waals surface area contributed by atoms with Crippen molar-refractivity contribution in [3.05, 3.63) is 29.8 Å². The third-order valence-electron chi connectivity index (χ3n) is 3.06. The van der Waals surface area contributed by atoms with Gasteiger partial charge in [-0.05, 0) is 30.5 Å². The quantitative estimate of drug-likeness (QED) is 0.503. The topological polar surface area (TPSA) is 71.0 Å². The highest BCUT2D eigenvalue weighted by atomic mass is 16.5. The minimum absolute atomic E-state index is 0.523. The van der Waals surface area contributed by atoms with Crippen molar-refractivity contribution in [3.8, 4) is 5.75 Å². The van der Waals surface area contributed by atoms with E-state index in [0.29, 0.717) is 18.8 Å². The van der Waals surface area contributed by atoms with Crippen LogP contribution in [0.5, 0.6) is 5.75 Å². The predicted octanol–water partition coefficient (Wildman–Crippen LogP) is 0.768. The van der Waals surface area contributed by atoms with E-state index in [1.165, 1.54) is 11.1 Å². The highest BCUT2D eigenvalue weighted by Gasteiger charge is 2.23. The standard InChI is InChI=1S/C14H17N3O3/c1-20-12-6-4-5-11(9-12)10-15-16-13(18)14(19)17-7-2-3-8-17/h4-6,9-10H,2-3,7-8H2,1H3,(H,16,18)/b15-10-. The molecule has 20 heavy (non-hydrogen) atoms. The first-order valence-corrected chi connectivity index (χ1v) is 6.47. The summed E-state index contributed by atoms with van der Waals surface area (Å²) in [6, 6.07) is 7.22. The SMILES string of the molecule is COc1cccc(/C=N\NC(=O)C(=O)N2CCCC2)c1. The molecule has 0 aromatic heterocycles. The number of amides is 2. The van der Waals surface area contributed by atoms with Crippen molar-refractivity contribution >= 4 is 18.0 Å². The largest absolute Gasteiger partial charge is 0.497 e. The average molecular weight is 275 g/mol. The van der Waals surface area contributed by atoms with Crippen LogP contribution in [0, 0.1) is 0 Å². The molecule has 0 unspecified atom stereocenters. The number of nitrogens with one attached hydrogen (secondary N) is 1. The fourth-order valence-electron chi connectivity index (χ4n) is 2.00. The number of ether oxygens (including phenoxy) is 1. The summed E-state index contributed by atoms with van der Waals surface area (Å²) in [7, 11) is 1.58. The van der Waals surface area contributed by atoms with Crippen LogP contribution >= 0.6 is 0 Å². The van der Waals surface area contributed by atoms with Gasteiger partial charge in [-0.15, -0.1) is 0 Å². The van der Waals surface area contributed by atoms with E-state index in [-0.39, 0.29) is 0 Å². The summed E-state index contributed by atoms with van der Waals surface area (Å²) in [4.78, 5) is 24.8. The van der Waals surface area contributed by atoms with Gasteiger partial charge in [0.15, 0.2) is 0 Å². The van der Waals surface area contributed by atoms with Crippen LogP contribution in [-0.2, 0) is 9.59 Å². The smallest absolute Gasteiger partial charge is 0.329 e. The minimum atomic E-state index is -0.703. The van der Waals surface area contributed by atoms with Crippen LogP contribution < -0.4 is 10.2 Å². The van der Waals surface area contributed by atoms with Gasteiger partial charge in [0, 0.05) is 13.1 Å². The van der Waals surface area contributed by atoms with Crippen LogP contribution in [0.2, 0.25) is 0 Å². The molecule has 1 saturated heterocycles. The van der Waals surface area contributed by atoms with Gasteiger partial charge in [0.2, 0.25) is 0 Å². The summed E-state index contributed by atoms with van der Waals surface area (Å²) in [5, 5.41) is 3.78. The van der Waals surface area contributed by atoms with Crippen molar-refractivity contribution in [2.24, 2.45) is 5.10 Å². The van der Waals surface area contributed by atoms with Crippen molar-refractivity contribution < 1.29 is 14.3 Å². The van der Waals surface area contributed by atoms with E-state index in [4.69, 9.17) is 4.74 Å². The third kappa shape index (κ3) is 3.57. The van der Waals surface area contributed by atoms with Crippen molar-refractivity contribution in [1.29, 1.82) is 0 Å². The van der Waals surface area contributed by atoms with E-state index >= 15 is 0 Å². The molecule has 6 nitrogen and oxygen atoms in total. The predicted molar refractivity (Wildman–Crippen MR) is 74.5 cm³/mol. The molecule has 0 radical (unpaired) electrons. The molecule has 1 aromatic rings. The molecule has 0 bridgehead atoms. The van der Waals surface area contributed by atoms with E-state index in [2.05, 4.69) is 10.5 Å². The van der Waals surface area contributed by atoms with Gasteiger partial charge in [0.05, 0.1) is 13.3 Å². The lowest BCUT2D eigenvalue weighted by atomic mass is 10.2. The second kappa shape index (κ2) is 6.70. The molecule has 0 saturated carbocycles. The van der Waals surface area contributed by atoms with Gasteiger partial charge in [0.1, 0.15) is 5.75 Å². The van der Waals surface area contributed by atoms with E-state index in [0.717, 1.165) is 18.4 Å². The summed E-state index contributed by atoms with van der Waals surface area (Å²) >= 11 is 0. The average Bonchev–Trinajstić information content (AvgIpc) is 3.00. The molecule has 6 heteroatoms. The number of rotatable bonds is 3. The van der Waals surface area contributed by atoms with E-state index in [1.54, 1.807) is 13.2 Å². The number of hydrazone groups is 1. The maximum Gasteiger partial charge on any atom is 0.329 e. The summed E-state index contributed by atoms with van der Waals surface area (Å²) in [5.74, 6) is -0.523. The van der Waals surface area contributed by atoms with Crippen LogP contribution in [0.3, 0.4) is 0 Å². The van der Waals surface area contributed by atoms with Crippen molar-refractivity contribution in [1.82, 2.24) is 10.3 Å². The highest BCUT2D eigenvalue weighted by molar-refractivity contribution is 6.35. The Morgan fingerprint density at radius 1 is 1.35 bits per heavy atom. The zero-order valence-electron chi connectivity index (χ0n) is 11.3. The zero-order valence-corrected chi connectivity index (χ0v) is 11.3. The van der Waals surface area contributed by atoms with Gasteiger partial charge >= 0.3 is 11.8 Å². The second-order valence-corrected chi connectivity index (χ2v) is 4.48. The molecule has 0 atom stereocenters. The normalized spacial score (nSPS) is 14.6. The van der Waals surface area contributed by atoms with Crippen molar-refractivity contribution in [3.63, 3.8) is 0 Å².